The molecule has 0 saturated heterocycles. The fourth-order valence-corrected chi connectivity index (χ4v) is 10.5. The van der Waals surface area contributed by atoms with Crippen molar-refractivity contribution in [1.29, 1.82) is 0 Å². The van der Waals surface area contributed by atoms with Crippen molar-refractivity contribution >= 4 is 43.6 Å². The first-order valence-electron chi connectivity index (χ1n) is 23.4. The third-order valence-corrected chi connectivity index (χ3v) is 13.7. The molecule has 0 N–H and O–H groups in total. The van der Waals surface area contributed by atoms with Crippen LogP contribution in [-0.4, -0.2) is 9.13 Å². The molecule has 0 bridgehead atoms. The Balaban J connectivity index is 0.868. The number of benzene rings is 11. The molecule has 0 aliphatic carbocycles. The van der Waals surface area contributed by atoms with Gasteiger partial charge in [-0.3, -0.25) is 0 Å². The molecule has 0 atom stereocenters. The van der Waals surface area contributed by atoms with Crippen molar-refractivity contribution in [3.63, 3.8) is 0 Å². The molecule has 0 radical (unpaired) electrons. The molecule has 0 aliphatic heterocycles. The maximum atomic E-state index is 2.46. The van der Waals surface area contributed by atoms with Gasteiger partial charge in [-0.05, 0) is 128 Å². The summed E-state index contributed by atoms with van der Waals surface area (Å²) < 4.78 is 4.84. The lowest BCUT2D eigenvalue weighted by molar-refractivity contribution is 1.18. The van der Waals surface area contributed by atoms with E-state index in [4.69, 9.17) is 0 Å². The van der Waals surface area contributed by atoms with Gasteiger partial charge in [0.1, 0.15) is 0 Å². The molecule has 2 heterocycles. The van der Waals surface area contributed by atoms with Crippen LogP contribution in [0.3, 0.4) is 0 Å². The summed E-state index contributed by atoms with van der Waals surface area (Å²) in [6.45, 7) is 0. The lowest BCUT2D eigenvalue weighted by atomic mass is 9.92. The van der Waals surface area contributed by atoms with Gasteiger partial charge in [0, 0.05) is 32.8 Å². The van der Waals surface area contributed by atoms with Crippen molar-refractivity contribution in [3.8, 4) is 78.1 Å². The molecule has 0 unspecified atom stereocenters. The number of nitrogens with zero attached hydrogens (tertiary/aromatic N) is 2. The molecule has 2 heteroatoms. The first kappa shape index (κ1) is 39.4. The van der Waals surface area contributed by atoms with E-state index in [9.17, 15) is 0 Å². The second kappa shape index (κ2) is 16.5. The Bertz CT molecular complexity index is 4000. The zero-order valence-electron chi connectivity index (χ0n) is 37.3. The maximum Gasteiger partial charge on any atom is 0.0541 e. The number of hydrogen-bond acceptors (Lipinski definition) is 0. The van der Waals surface area contributed by atoms with Gasteiger partial charge < -0.3 is 9.13 Å². The normalized spacial score (nSPS) is 11.5. The minimum atomic E-state index is 1.15. The van der Waals surface area contributed by atoms with Crippen LogP contribution in [0, 0.1) is 0 Å². The van der Waals surface area contributed by atoms with Crippen LogP contribution in [0.4, 0.5) is 0 Å². The van der Waals surface area contributed by atoms with Crippen molar-refractivity contribution in [2.75, 3.05) is 0 Å². The van der Waals surface area contributed by atoms with E-state index in [1.54, 1.807) is 0 Å². The Hall–Kier alpha value is -8.98. The third kappa shape index (κ3) is 6.73. The van der Waals surface area contributed by atoms with E-state index in [2.05, 4.69) is 276 Å². The summed E-state index contributed by atoms with van der Waals surface area (Å²) in [5.41, 5.74) is 21.5. The van der Waals surface area contributed by atoms with Gasteiger partial charge in [0.25, 0.3) is 0 Å². The molecule has 13 rings (SSSR count). The SMILES string of the molecule is c1ccc(-c2cccc(-c3cccc(-c4ccc(-c5ccccc5-c5ccccc5-n5c6ccccc6c6cc(-c7ccc8c(c7)c7ccccc7n8-c7ccccc7)ccc65)cc4)c3)c2)cc1. The monoisotopic (exact) mass is 864 g/mol. The Morgan fingerprint density at radius 2 is 0.574 bits per heavy atom. The van der Waals surface area contributed by atoms with Gasteiger partial charge in [-0.15, -0.1) is 0 Å². The standard InChI is InChI=1S/C66H44N2/c1-3-17-45(18-4-1)48-19-15-21-50(41-48)51-22-16-20-49(42-51)46-33-35-47(36-34-46)55-25-7-8-26-56(55)57-27-9-13-31-63(57)68-64-32-14-11-29-59(64)61-44-53(38-40-66(61)68)52-37-39-65-60(43-52)58-28-10-12-30-62(58)67(65)54-23-5-2-6-24-54/h1-44H. The van der Waals surface area contributed by atoms with Gasteiger partial charge in [-0.1, -0.05) is 200 Å². The summed E-state index contributed by atoms with van der Waals surface area (Å²) in [7, 11) is 0. The van der Waals surface area contributed by atoms with Crippen LogP contribution < -0.4 is 0 Å². The third-order valence-electron chi connectivity index (χ3n) is 13.7. The smallest absolute Gasteiger partial charge is 0.0541 e. The summed E-state index contributed by atoms with van der Waals surface area (Å²) in [4.78, 5) is 0. The molecular formula is C66H44N2. The van der Waals surface area contributed by atoms with E-state index in [1.165, 1.54) is 116 Å². The van der Waals surface area contributed by atoms with Crippen LogP contribution in [-0.2, 0) is 0 Å². The molecule has 2 aromatic heterocycles. The van der Waals surface area contributed by atoms with Gasteiger partial charge >= 0.3 is 0 Å². The Kier molecular flexibility index (Phi) is 9.54. The predicted molar refractivity (Wildman–Crippen MR) is 288 cm³/mol. The van der Waals surface area contributed by atoms with Crippen LogP contribution in [0.1, 0.15) is 0 Å². The van der Waals surface area contributed by atoms with E-state index >= 15 is 0 Å². The van der Waals surface area contributed by atoms with Crippen molar-refractivity contribution in [3.05, 3.63) is 267 Å². The summed E-state index contributed by atoms with van der Waals surface area (Å²) in [6, 6.07) is 97.3. The molecular weight excluding hydrogens is 821 g/mol. The molecule has 0 fully saturated rings. The van der Waals surface area contributed by atoms with Gasteiger partial charge in [0.2, 0.25) is 0 Å². The molecule has 0 spiro atoms. The predicted octanol–water partition coefficient (Wildman–Crippen LogP) is 17.9. The van der Waals surface area contributed by atoms with Crippen LogP contribution >= 0.6 is 0 Å². The molecule has 13 aromatic rings. The van der Waals surface area contributed by atoms with Crippen molar-refractivity contribution in [2.24, 2.45) is 0 Å². The van der Waals surface area contributed by atoms with Crippen molar-refractivity contribution in [1.82, 2.24) is 9.13 Å². The molecule has 318 valence electrons. The Morgan fingerprint density at radius 3 is 1.19 bits per heavy atom. The van der Waals surface area contributed by atoms with Crippen molar-refractivity contribution < 1.29 is 0 Å². The minimum absolute atomic E-state index is 1.15. The number of fused-ring (bicyclic) bond motifs is 6. The average Bonchev–Trinajstić information content (AvgIpc) is 3.93. The van der Waals surface area contributed by atoms with E-state index in [1.807, 2.05) is 0 Å². The lowest BCUT2D eigenvalue weighted by Crippen LogP contribution is -1.98. The highest BCUT2D eigenvalue weighted by atomic mass is 15.0. The highest BCUT2D eigenvalue weighted by Crippen LogP contribution is 2.42. The Labute approximate surface area is 395 Å². The minimum Gasteiger partial charge on any atom is -0.309 e. The van der Waals surface area contributed by atoms with Gasteiger partial charge in [-0.2, -0.15) is 0 Å². The second-order valence-electron chi connectivity index (χ2n) is 17.7. The fraction of sp³-hybridized carbons (Fsp3) is 0. The molecule has 11 aromatic carbocycles. The Morgan fingerprint density at radius 1 is 0.191 bits per heavy atom. The van der Waals surface area contributed by atoms with E-state index in [-0.39, 0.29) is 0 Å². The van der Waals surface area contributed by atoms with Crippen LogP contribution in [0.5, 0.6) is 0 Å². The second-order valence-corrected chi connectivity index (χ2v) is 17.7. The van der Waals surface area contributed by atoms with Gasteiger partial charge in [0.05, 0.1) is 27.8 Å². The first-order chi connectivity index (χ1) is 33.7. The van der Waals surface area contributed by atoms with Gasteiger partial charge in [-0.25, -0.2) is 0 Å². The van der Waals surface area contributed by atoms with E-state index in [0.29, 0.717) is 0 Å². The summed E-state index contributed by atoms with van der Waals surface area (Å²) in [5, 5.41) is 4.97. The zero-order valence-corrected chi connectivity index (χ0v) is 37.3. The molecule has 0 amide bonds. The van der Waals surface area contributed by atoms with Crippen LogP contribution in [0.15, 0.2) is 267 Å². The zero-order chi connectivity index (χ0) is 45.0. The molecule has 68 heavy (non-hydrogen) atoms. The first-order valence-corrected chi connectivity index (χ1v) is 23.4. The van der Waals surface area contributed by atoms with E-state index in [0.717, 1.165) is 5.69 Å². The summed E-state index contributed by atoms with van der Waals surface area (Å²) >= 11 is 0. The number of para-hydroxylation sites is 4. The van der Waals surface area contributed by atoms with Crippen LogP contribution in [0.2, 0.25) is 0 Å². The number of aromatic nitrogens is 2. The summed E-state index contributed by atoms with van der Waals surface area (Å²) in [6.07, 6.45) is 0. The number of rotatable bonds is 8. The molecule has 0 saturated carbocycles. The lowest BCUT2D eigenvalue weighted by Gasteiger charge is -2.17. The highest BCUT2D eigenvalue weighted by Gasteiger charge is 2.19. The molecule has 0 aliphatic rings. The average molecular weight is 865 g/mol. The maximum absolute atomic E-state index is 2.46. The summed E-state index contributed by atoms with van der Waals surface area (Å²) in [5.74, 6) is 0. The highest BCUT2D eigenvalue weighted by molar-refractivity contribution is 6.13. The van der Waals surface area contributed by atoms with Gasteiger partial charge in [0.15, 0.2) is 0 Å². The van der Waals surface area contributed by atoms with Crippen LogP contribution in [0.25, 0.3) is 122 Å². The molecule has 2 nitrogen and oxygen atoms in total. The largest absolute Gasteiger partial charge is 0.309 e. The fourth-order valence-electron chi connectivity index (χ4n) is 10.5. The van der Waals surface area contributed by atoms with Crippen molar-refractivity contribution in [2.45, 2.75) is 0 Å². The number of hydrogen-bond donors (Lipinski definition) is 0. The topological polar surface area (TPSA) is 9.86 Å². The quantitative estimate of drug-likeness (QED) is 0.144. The van der Waals surface area contributed by atoms with E-state index < -0.39 is 0 Å².